The van der Waals surface area contributed by atoms with Crippen LogP contribution in [-0.4, -0.2) is 18.6 Å². The Morgan fingerprint density at radius 3 is 3.00 bits per heavy atom. The summed E-state index contributed by atoms with van der Waals surface area (Å²) < 4.78 is 5.36. The molecule has 1 heterocycles. The van der Waals surface area contributed by atoms with E-state index in [-0.39, 0.29) is 12.5 Å². The Labute approximate surface area is 75.7 Å². The van der Waals surface area contributed by atoms with Crippen LogP contribution in [0.5, 0.6) is 5.75 Å². The maximum atomic E-state index is 11.3. The first-order chi connectivity index (χ1) is 6.31. The molecule has 1 aromatic rings. The quantitative estimate of drug-likeness (QED) is 0.652. The predicted octanol–water partition coefficient (Wildman–Crippen LogP) is 0.345. The number of nitrogens with two attached hydrogens (primary N) is 1. The van der Waals surface area contributed by atoms with E-state index in [0.29, 0.717) is 11.4 Å². The highest BCUT2D eigenvalue weighted by Crippen LogP contribution is 2.28. The van der Waals surface area contributed by atoms with Crippen LogP contribution < -0.4 is 15.8 Å². The van der Waals surface area contributed by atoms with Crippen LogP contribution in [0.3, 0.4) is 0 Å². The normalized spacial score (nSPS) is 20.1. The molecule has 1 aliphatic heterocycles. The summed E-state index contributed by atoms with van der Waals surface area (Å²) in [5.74, 6) is 0.499. The zero-order valence-electron chi connectivity index (χ0n) is 6.99. The minimum absolute atomic E-state index is 0.179. The van der Waals surface area contributed by atoms with Gasteiger partial charge in [-0.25, -0.2) is 0 Å². The zero-order chi connectivity index (χ0) is 9.26. The van der Waals surface area contributed by atoms with E-state index < -0.39 is 6.10 Å². The van der Waals surface area contributed by atoms with Crippen LogP contribution in [-0.2, 0) is 4.79 Å². The number of para-hydroxylation sites is 2. The highest BCUT2D eigenvalue weighted by molar-refractivity contribution is 5.97. The number of hydrogen-bond acceptors (Lipinski definition) is 3. The van der Waals surface area contributed by atoms with Crippen molar-refractivity contribution in [3.05, 3.63) is 24.3 Å². The Morgan fingerprint density at radius 2 is 2.23 bits per heavy atom. The SMILES string of the molecule is NCC1Oc2ccccc2NC1=O. The van der Waals surface area contributed by atoms with E-state index in [4.69, 9.17) is 10.5 Å². The minimum Gasteiger partial charge on any atom is -0.477 e. The van der Waals surface area contributed by atoms with Gasteiger partial charge in [-0.3, -0.25) is 4.79 Å². The van der Waals surface area contributed by atoms with E-state index >= 15 is 0 Å². The maximum Gasteiger partial charge on any atom is 0.266 e. The van der Waals surface area contributed by atoms with Gasteiger partial charge in [-0.05, 0) is 12.1 Å². The summed E-state index contributed by atoms with van der Waals surface area (Å²) in [4.78, 5) is 11.3. The maximum absolute atomic E-state index is 11.3. The van der Waals surface area contributed by atoms with E-state index in [1.807, 2.05) is 12.1 Å². The monoisotopic (exact) mass is 178 g/mol. The number of carbonyl (C=O) groups is 1. The van der Waals surface area contributed by atoms with Crippen LogP contribution in [0.15, 0.2) is 24.3 Å². The Kier molecular flexibility index (Phi) is 1.90. The van der Waals surface area contributed by atoms with E-state index in [1.165, 1.54) is 0 Å². The standard InChI is InChI=1S/C9H10N2O2/c10-5-8-9(12)11-6-3-1-2-4-7(6)13-8/h1-4,8H,5,10H2,(H,11,12). The number of fused-ring (bicyclic) bond motifs is 1. The summed E-state index contributed by atoms with van der Waals surface area (Å²) in [7, 11) is 0. The highest BCUT2D eigenvalue weighted by atomic mass is 16.5. The molecule has 0 spiro atoms. The molecule has 13 heavy (non-hydrogen) atoms. The minimum atomic E-state index is -0.560. The fourth-order valence-electron chi connectivity index (χ4n) is 1.25. The number of rotatable bonds is 1. The lowest BCUT2D eigenvalue weighted by Gasteiger charge is -2.24. The van der Waals surface area contributed by atoms with E-state index in [9.17, 15) is 4.79 Å². The second-order valence-corrected chi connectivity index (χ2v) is 2.83. The second-order valence-electron chi connectivity index (χ2n) is 2.83. The van der Waals surface area contributed by atoms with Gasteiger partial charge in [0.2, 0.25) is 0 Å². The van der Waals surface area contributed by atoms with Gasteiger partial charge < -0.3 is 15.8 Å². The fraction of sp³-hybridized carbons (Fsp3) is 0.222. The van der Waals surface area contributed by atoms with E-state index in [0.717, 1.165) is 0 Å². The lowest BCUT2D eigenvalue weighted by molar-refractivity contribution is -0.123. The molecule has 0 radical (unpaired) electrons. The van der Waals surface area contributed by atoms with Crippen molar-refractivity contribution in [2.45, 2.75) is 6.10 Å². The summed E-state index contributed by atoms with van der Waals surface area (Å²) in [5, 5.41) is 2.72. The Morgan fingerprint density at radius 1 is 1.46 bits per heavy atom. The lowest BCUT2D eigenvalue weighted by atomic mass is 10.2. The summed E-state index contributed by atoms with van der Waals surface area (Å²) in [6.07, 6.45) is -0.560. The molecular formula is C9H10N2O2. The molecule has 1 aromatic carbocycles. The van der Waals surface area contributed by atoms with Crippen molar-refractivity contribution in [1.29, 1.82) is 0 Å². The first-order valence-corrected chi connectivity index (χ1v) is 4.08. The average Bonchev–Trinajstić information content (AvgIpc) is 2.17. The topological polar surface area (TPSA) is 64.3 Å². The van der Waals surface area contributed by atoms with Gasteiger partial charge in [0.05, 0.1) is 5.69 Å². The smallest absolute Gasteiger partial charge is 0.266 e. The van der Waals surface area contributed by atoms with Crippen LogP contribution in [0.2, 0.25) is 0 Å². The zero-order valence-corrected chi connectivity index (χ0v) is 6.99. The summed E-state index contributed by atoms with van der Waals surface area (Å²) in [5.41, 5.74) is 6.07. The van der Waals surface area contributed by atoms with Gasteiger partial charge in [0.25, 0.3) is 5.91 Å². The molecule has 2 rings (SSSR count). The van der Waals surface area contributed by atoms with Crippen molar-refractivity contribution in [3.63, 3.8) is 0 Å². The first-order valence-electron chi connectivity index (χ1n) is 4.08. The molecule has 68 valence electrons. The van der Waals surface area contributed by atoms with Crippen molar-refractivity contribution in [1.82, 2.24) is 0 Å². The number of anilines is 1. The molecule has 0 bridgehead atoms. The van der Waals surface area contributed by atoms with Crippen molar-refractivity contribution in [2.75, 3.05) is 11.9 Å². The molecule has 0 saturated heterocycles. The Bertz CT molecular complexity index is 338. The molecule has 0 aliphatic carbocycles. The largest absolute Gasteiger partial charge is 0.477 e. The third kappa shape index (κ3) is 1.36. The van der Waals surface area contributed by atoms with Crippen molar-refractivity contribution >= 4 is 11.6 Å². The molecule has 1 unspecified atom stereocenters. The van der Waals surface area contributed by atoms with Crippen LogP contribution in [0.1, 0.15) is 0 Å². The molecule has 0 fully saturated rings. The van der Waals surface area contributed by atoms with Gasteiger partial charge in [-0.2, -0.15) is 0 Å². The van der Waals surface area contributed by atoms with Crippen LogP contribution in [0.25, 0.3) is 0 Å². The molecule has 1 atom stereocenters. The lowest BCUT2D eigenvalue weighted by Crippen LogP contribution is -2.42. The number of nitrogens with one attached hydrogen (secondary N) is 1. The van der Waals surface area contributed by atoms with Crippen LogP contribution in [0, 0.1) is 0 Å². The predicted molar refractivity (Wildman–Crippen MR) is 48.5 cm³/mol. The molecule has 4 heteroatoms. The average molecular weight is 178 g/mol. The van der Waals surface area contributed by atoms with Gasteiger partial charge in [0.1, 0.15) is 5.75 Å². The van der Waals surface area contributed by atoms with Gasteiger partial charge in [-0.1, -0.05) is 12.1 Å². The Balaban J connectivity index is 2.33. The number of hydrogen-bond donors (Lipinski definition) is 2. The number of amides is 1. The Hall–Kier alpha value is -1.55. The van der Waals surface area contributed by atoms with Gasteiger partial charge in [0.15, 0.2) is 6.10 Å². The van der Waals surface area contributed by atoms with Gasteiger partial charge in [-0.15, -0.1) is 0 Å². The summed E-state index contributed by atoms with van der Waals surface area (Å²) in [6.45, 7) is 0.195. The number of benzene rings is 1. The van der Waals surface area contributed by atoms with Crippen molar-refractivity contribution in [2.24, 2.45) is 5.73 Å². The third-order valence-electron chi connectivity index (χ3n) is 1.92. The molecule has 1 aliphatic rings. The fourth-order valence-corrected chi connectivity index (χ4v) is 1.25. The molecule has 0 aromatic heterocycles. The molecule has 1 amide bonds. The number of carbonyl (C=O) groups excluding carboxylic acids is 1. The van der Waals surface area contributed by atoms with Gasteiger partial charge >= 0.3 is 0 Å². The molecule has 3 N–H and O–H groups in total. The van der Waals surface area contributed by atoms with Crippen LogP contribution in [0.4, 0.5) is 5.69 Å². The van der Waals surface area contributed by atoms with E-state index in [2.05, 4.69) is 5.32 Å². The van der Waals surface area contributed by atoms with Crippen LogP contribution >= 0.6 is 0 Å². The summed E-state index contributed by atoms with van der Waals surface area (Å²) in [6, 6.07) is 7.28. The molecule has 4 nitrogen and oxygen atoms in total. The number of ether oxygens (including phenoxy) is 1. The van der Waals surface area contributed by atoms with Gasteiger partial charge in [0, 0.05) is 6.54 Å². The van der Waals surface area contributed by atoms with E-state index in [1.54, 1.807) is 12.1 Å². The molecule has 0 saturated carbocycles. The summed E-state index contributed by atoms with van der Waals surface area (Å²) >= 11 is 0. The third-order valence-corrected chi connectivity index (χ3v) is 1.92. The molecular weight excluding hydrogens is 168 g/mol. The first kappa shape index (κ1) is 8.07. The highest BCUT2D eigenvalue weighted by Gasteiger charge is 2.25. The van der Waals surface area contributed by atoms with Crippen molar-refractivity contribution in [3.8, 4) is 5.75 Å². The second kappa shape index (κ2) is 3.06. The van der Waals surface area contributed by atoms with Crippen molar-refractivity contribution < 1.29 is 9.53 Å².